The third kappa shape index (κ3) is 3.34. The zero-order valence-corrected chi connectivity index (χ0v) is 16.1. The van der Waals surface area contributed by atoms with E-state index < -0.39 is 0 Å². The average Bonchev–Trinajstić information content (AvgIpc) is 3.12. The van der Waals surface area contributed by atoms with Crippen molar-refractivity contribution in [3.63, 3.8) is 0 Å². The van der Waals surface area contributed by atoms with Crippen molar-refractivity contribution >= 4 is 17.2 Å². The van der Waals surface area contributed by atoms with E-state index >= 15 is 0 Å². The lowest BCUT2D eigenvalue weighted by atomic mass is 10.1. The van der Waals surface area contributed by atoms with E-state index in [9.17, 15) is 4.79 Å². The maximum atomic E-state index is 12.8. The number of carbonyl (C=O) groups excluding carboxylic acids is 1. The van der Waals surface area contributed by atoms with Crippen LogP contribution >= 0.6 is 0 Å². The molecule has 0 aliphatic carbocycles. The van der Waals surface area contributed by atoms with Crippen molar-refractivity contribution in [2.24, 2.45) is 0 Å². The molecule has 0 bridgehead atoms. The topological polar surface area (TPSA) is 55.6 Å². The van der Waals surface area contributed by atoms with E-state index in [-0.39, 0.29) is 5.91 Å². The number of pyridine rings is 1. The first-order valence-electron chi connectivity index (χ1n) is 9.06. The van der Waals surface area contributed by atoms with Crippen molar-refractivity contribution in [3.8, 4) is 17.0 Å². The minimum absolute atomic E-state index is 0.205. The van der Waals surface area contributed by atoms with Crippen LogP contribution < -0.4 is 10.1 Å². The van der Waals surface area contributed by atoms with E-state index in [0.29, 0.717) is 11.3 Å². The van der Waals surface area contributed by atoms with E-state index in [1.807, 2.05) is 73.1 Å². The second kappa shape index (κ2) is 7.19. The number of carbonyl (C=O) groups is 1. The number of hydrogen-bond donors (Lipinski definition) is 1. The number of amides is 1. The number of imidazole rings is 1. The smallest absolute Gasteiger partial charge is 0.259 e. The second-order valence-corrected chi connectivity index (χ2v) is 6.78. The molecule has 28 heavy (non-hydrogen) atoms. The van der Waals surface area contributed by atoms with Crippen LogP contribution in [0.2, 0.25) is 0 Å². The molecule has 2 heterocycles. The predicted molar refractivity (Wildman–Crippen MR) is 111 cm³/mol. The van der Waals surface area contributed by atoms with Gasteiger partial charge in [0.2, 0.25) is 0 Å². The number of aryl methyl sites for hydroxylation is 2. The lowest BCUT2D eigenvalue weighted by molar-refractivity contribution is 0.102. The van der Waals surface area contributed by atoms with Gasteiger partial charge in [-0.3, -0.25) is 4.79 Å². The van der Waals surface area contributed by atoms with Crippen molar-refractivity contribution in [3.05, 3.63) is 83.7 Å². The molecule has 0 saturated heterocycles. The van der Waals surface area contributed by atoms with Crippen LogP contribution in [0.1, 0.15) is 21.5 Å². The molecule has 2 aromatic heterocycles. The maximum absolute atomic E-state index is 12.8. The summed E-state index contributed by atoms with van der Waals surface area (Å²) in [5, 5.41) is 3.00. The summed E-state index contributed by atoms with van der Waals surface area (Å²) in [6.45, 7) is 4.01. The molecule has 4 aromatic rings. The Kier molecular flexibility index (Phi) is 4.57. The molecule has 5 heteroatoms. The molecule has 0 fully saturated rings. The van der Waals surface area contributed by atoms with Crippen molar-refractivity contribution in [1.29, 1.82) is 0 Å². The van der Waals surface area contributed by atoms with Gasteiger partial charge in [0.25, 0.3) is 5.91 Å². The quantitative estimate of drug-likeness (QED) is 0.556. The van der Waals surface area contributed by atoms with E-state index in [0.717, 1.165) is 28.2 Å². The average molecular weight is 371 g/mol. The Bertz CT molecular complexity index is 1180. The Morgan fingerprint density at radius 2 is 1.89 bits per heavy atom. The van der Waals surface area contributed by atoms with Gasteiger partial charge in [-0.15, -0.1) is 0 Å². The SMILES string of the molecule is COc1ccccc1C(=O)Nc1cc(-c2cn3ccc(C)cc3n2)ccc1C. The van der Waals surface area contributed by atoms with Gasteiger partial charge in [0.1, 0.15) is 11.4 Å². The van der Waals surface area contributed by atoms with Crippen LogP contribution in [-0.2, 0) is 0 Å². The number of nitrogens with zero attached hydrogens (tertiary/aromatic N) is 2. The molecule has 1 N–H and O–H groups in total. The third-order valence-corrected chi connectivity index (χ3v) is 4.75. The van der Waals surface area contributed by atoms with Gasteiger partial charge < -0.3 is 14.5 Å². The largest absolute Gasteiger partial charge is 0.496 e. The Labute approximate surface area is 163 Å². The predicted octanol–water partition coefficient (Wildman–Crippen LogP) is 4.88. The van der Waals surface area contributed by atoms with Gasteiger partial charge in [0, 0.05) is 23.6 Å². The number of benzene rings is 2. The molecule has 140 valence electrons. The standard InChI is InChI=1S/C23H21N3O2/c1-15-10-11-26-14-20(24-22(26)12-15)17-9-8-16(2)19(13-17)25-23(27)18-6-4-5-7-21(18)28-3/h4-14H,1-3H3,(H,25,27). The van der Waals surface area contributed by atoms with Gasteiger partial charge in [-0.05, 0) is 55.3 Å². The fraction of sp³-hybridized carbons (Fsp3) is 0.130. The summed E-state index contributed by atoms with van der Waals surface area (Å²) in [6.07, 6.45) is 3.99. The van der Waals surface area contributed by atoms with Crippen LogP contribution in [0, 0.1) is 13.8 Å². The van der Waals surface area contributed by atoms with E-state index in [2.05, 4.69) is 5.32 Å². The minimum Gasteiger partial charge on any atom is -0.496 e. The van der Waals surface area contributed by atoms with E-state index in [4.69, 9.17) is 9.72 Å². The molecule has 0 saturated carbocycles. The molecule has 5 nitrogen and oxygen atoms in total. The van der Waals surface area contributed by atoms with Gasteiger partial charge in [0.05, 0.1) is 18.4 Å². The van der Waals surface area contributed by atoms with Crippen LogP contribution in [0.3, 0.4) is 0 Å². The molecule has 0 spiro atoms. The van der Waals surface area contributed by atoms with Crippen LogP contribution in [0.15, 0.2) is 67.0 Å². The first kappa shape index (κ1) is 17.8. The molecule has 0 atom stereocenters. The Morgan fingerprint density at radius 1 is 1.07 bits per heavy atom. The number of ether oxygens (including phenoxy) is 1. The highest BCUT2D eigenvalue weighted by Crippen LogP contribution is 2.27. The first-order chi connectivity index (χ1) is 13.5. The molecular formula is C23H21N3O2. The van der Waals surface area contributed by atoms with Gasteiger partial charge in [-0.25, -0.2) is 4.98 Å². The van der Waals surface area contributed by atoms with Crippen molar-refractivity contribution in [1.82, 2.24) is 9.38 Å². The van der Waals surface area contributed by atoms with Crippen molar-refractivity contribution in [2.75, 3.05) is 12.4 Å². The molecule has 0 unspecified atom stereocenters. The summed E-state index contributed by atoms with van der Waals surface area (Å²) in [5.74, 6) is 0.341. The van der Waals surface area contributed by atoms with Crippen LogP contribution in [0.4, 0.5) is 5.69 Å². The van der Waals surface area contributed by atoms with Crippen LogP contribution in [0.25, 0.3) is 16.9 Å². The molecule has 2 aromatic carbocycles. The van der Waals surface area contributed by atoms with Crippen LogP contribution in [-0.4, -0.2) is 22.4 Å². The highest BCUT2D eigenvalue weighted by molar-refractivity contribution is 6.06. The fourth-order valence-electron chi connectivity index (χ4n) is 3.16. The molecule has 0 aliphatic heterocycles. The second-order valence-electron chi connectivity index (χ2n) is 6.78. The zero-order valence-electron chi connectivity index (χ0n) is 16.1. The summed E-state index contributed by atoms with van der Waals surface area (Å²) in [7, 11) is 1.56. The van der Waals surface area contributed by atoms with Gasteiger partial charge in [0.15, 0.2) is 0 Å². The third-order valence-electron chi connectivity index (χ3n) is 4.75. The Hall–Kier alpha value is -3.60. The summed E-state index contributed by atoms with van der Waals surface area (Å²) >= 11 is 0. The number of rotatable bonds is 4. The van der Waals surface area contributed by atoms with E-state index in [1.165, 1.54) is 5.56 Å². The van der Waals surface area contributed by atoms with Crippen LogP contribution in [0.5, 0.6) is 5.75 Å². The van der Waals surface area contributed by atoms with Gasteiger partial charge in [-0.2, -0.15) is 0 Å². The molecule has 1 amide bonds. The summed E-state index contributed by atoms with van der Waals surface area (Å²) < 4.78 is 7.29. The Morgan fingerprint density at radius 3 is 2.71 bits per heavy atom. The Balaban J connectivity index is 1.67. The lowest BCUT2D eigenvalue weighted by Gasteiger charge is -2.12. The maximum Gasteiger partial charge on any atom is 0.259 e. The van der Waals surface area contributed by atoms with Gasteiger partial charge in [-0.1, -0.05) is 24.3 Å². The molecule has 0 aliphatic rings. The highest BCUT2D eigenvalue weighted by atomic mass is 16.5. The number of fused-ring (bicyclic) bond motifs is 1. The van der Waals surface area contributed by atoms with Crippen molar-refractivity contribution < 1.29 is 9.53 Å². The normalized spacial score (nSPS) is 10.8. The zero-order chi connectivity index (χ0) is 19.7. The number of aromatic nitrogens is 2. The summed E-state index contributed by atoms with van der Waals surface area (Å²) in [5.41, 5.74) is 6.10. The highest BCUT2D eigenvalue weighted by Gasteiger charge is 2.14. The summed E-state index contributed by atoms with van der Waals surface area (Å²) in [4.78, 5) is 17.5. The van der Waals surface area contributed by atoms with Gasteiger partial charge >= 0.3 is 0 Å². The first-order valence-corrected chi connectivity index (χ1v) is 9.06. The number of methoxy groups -OCH3 is 1. The fourth-order valence-corrected chi connectivity index (χ4v) is 3.16. The number of nitrogens with one attached hydrogen (secondary N) is 1. The van der Waals surface area contributed by atoms with E-state index in [1.54, 1.807) is 19.2 Å². The molecule has 4 rings (SSSR count). The number of para-hydroxylation sites is 1. The minimum atomic E-state index is -0.205. The molecular weight excluding hydrogens is 350 g/mol. The lowest BCUT2D eigenvalue weighted by Crippen LogP contribution is -2.14. The monoisotopic (exact) mass is 371 g/mol. The summed E-state index contributed by atoms with van der Waals surface area (Å²) in [6, 6.07) is 17.2. The van der Waals surface area contributed by atoms with Crippen molar-refractivity contribution in [2.45, 2.75) is 13.8 Å². The number of hydrogen-bond acceptors (Lipinski definition) is 3. The molecule has 0 radical (unpaired) electrons. The number of anilines is 1.